The number of carbonyl (C=O) groups is 2. The standard InChI is InChI=1S/C20H28N2O3/c1-14-8-5-6-11-16(14)18(23)17-12-7-13-22(17)20(25)19(24)21-15-9-3-2-4-10-15/h5-6,8,11,15,17,20,25H,2-4,7,9-10,12-13H2,1H3,(H,21,24). The van der Waals surface area contributed by atoms with Gasteiger partial charge >= 0.3 is 0 Å². The van der Waals surface area contributed by atoms with Gasteiger partial charge in [-0.25, -0.2) is 0 Å². The fraction of sp³-hybridized carbons (Fsp3) is 0.600. The average molecular weight is 344 g/mol. The van der Waals surface area contributed by atoms with Crippen molar-refractivity contribution in [3.8, 4) is 0 Å². The summed E-state index contributed by atoms with van der Waals surface area (Å²) in [4.78, 5) is 27.0. The number of Topliss-reactive ketones (excluding diaryl/α,β-unsaturated/α-hetero) is 1. The molecule has 0 spiro atoms. The Balaban J connectivity index is 1.66. The van der Waals surface area contributed by atoms with Gasteiger partial charge in [-0.05, 0) is 38.2 Å². The van der Waals surface area contributed by atoms with Gasteiger partial charge in [0.15, 0.2) is 12.0 Å². The van der Waals surface area contributed by atoms with Crippen molar-refractivity contribution in [2.24, 2.45) is 0 Å². The zero-order chi connectivity index (χ0) is 17.8. The van der Waals surface area contributed by atoms with Gasteiger partial charge in [-0.1, -0.05) is 43.5 Å². The van der Waals surface area contributed by atoms with Crippen LogP contribution in [0, 0.1) is 6.92 Å². The number of carbonyl (C=O) groups excluding carboxylic acids is 2. The Morgan fingerprint density at radius 1 is 1.12 bits per heavy atom. The van der Waals surface area contributed by atoms with E-state index in [0.717, 1.165) is 37.7 Å². The third-order valence-corrected chi connectivity index (χ3v) is 5.51. The predicted molar refractivity (Wildman–Crippen MR) is 96.3 cm³/mol. The molecule has 25 heavy (non-hydrogen) atoms. The van der Waals surface area contributed by atoms with Gasteiger partial charge < -0.3 is 10.4 Å². The number of hydrogen-bond donors (Lipinski definition) is 2. The molecule has 0 bridgehead atoms. The van der Waals surface area contributed by atoms with E-state index >= 15 is 0 Å². The summed E-state index contributed by atoms with van der Waals surface area (Å²) in [5, 5.41) is 13.5. The van der Waals surface area contributed by atoms with Gasteiger partial charge in [0.05, 0.1) is 6.04 Å². The zero-order valence-corrected chi connectivity index (χ0v) is 14.9. The minimum atomic E-state index is -1.25. The van der Waals surface area contributed by atoms with Crippen molar-refractivity contribution < 1.29 is 14.7 Å². The summed E-state index contributed by atoms with van der Waals surface area (Å²) < 4.78 is 0. The lowest BCUT2D eigenvalue weighted by molar-refractivity contribution is -0.140. The molecule has 2 aliphatic rings. The zero-order valence-electron chi connectivity index (χ0n) is 14.9. The van der Waals surface area contributed by atoms with Gasteiger partial charge in [-0.15, -0.1) is 0 Å². The van der Waals surface area contributed by atoms with Crippen LogP contribution >= 0.6 is 0 Å². The number of aliphatic hydroxyl groups excluding tert-OH is 1. The van der Waals surface area contributed by atoms with Gasteiger partial charge in [-0.2, -0.15) is 0 Å². The summed E-state index contributed by atoms with van der Waals surface area (Å²) in [7, 11) is 0. The van der Waals surface area contributed by atoms with E-state index in [9.17, 15) is 14.7 Å². The van der Waals surface area contributed by atoms with E-state index in [1.165, 1.54) is 6.42 Å². The molecular formula is C20H28N2O3. The Hall–Kier alpha value is -1.72. The molecule has 1 aromatic rings. The smallest absolute Gasteiger partial charge is 0.264 e. The SMILES string of the molecule is Cc1ccccc1C(=O)C1CCCN1C(O)C(=O)NC1CCCCC1. The Kier molecular flexibility index (Phi) is 5.86. The number of hydrogen-bond acceptors (Lipinski definition) is 4. The third kappa shape index (κ3) is 4.10. The fourth-order valence-electron chi connectivity index (χ4n) is 4.07. The van der Waals surface area contributed by atoms with Gasteiger partial charge in [0.2, 0.25) is 0 Å². The molecule has 0 radical (unpaired) electrons. The molecule has 5 heteroatoms. The number of likely N-dealkylation sites (tertiary alicyclic amines) is 1. The summed E-state index contributed by atoms with van der Waals surface area (Å²) in [6.07, 6.45) is 5.67. The summed E-state index contributed by atoms with van der Waals surface area (Å²) in [6.45, 7) is 2.49. The molecular weight excluding hydrogens is 316 g/mol. The molecule has 5 nitrogen and oxygen atoms in total. The van der Waals surface area contributed by atoms with Crippen molar-refractivity contribution in [1.82, 2.24) is 10.2 Å². The topological polar surface area (TPSA) is 69.6 Å². The predicted octanol–water partition coefficient (Wildman–Crippen LogP) is 2.41. The molecule has 2 N–H and O–H groups in total. The van der Waals surface area contributed by atoms with Gasteiger partial charge in [-0.3, -0.25) is 14.5 Å². The first-order valence-corrected chi connectivity index (χ1v) is 9.42. The van der Waals surface area contributed by atoms with Crippen LogP contribution in [0.3, 0.4) is 0 Å². The van der Waals surface area contributed by atoms with E-state index in [1.807, 2.05) is 31.2 Å². The molecule has 2 unspecified atom stereocenters. The van der Waals surface area contributed by atoms with Crippen LogP contribution in [0.15, 0.2) is 24.3 Å². The molecule has 1 heterocycles. The van der Waals surface area contributed by atoms with Crippen molar-refractivity contribution in [3.63, 3.8) is 0 Å². The Bertz CT molecular complexity index is 625. The summed E-state index contributed by atoms with van der Waals surface area (Å²) in [6, 6.07) is 7.23. The monoisotopic (exact) mass is 344 g/mol. The molecule has 1 aromatic carbocycles. The lowest BCUT2D eigenvalue weighted by Crippen LogP contribution is -2.53. The third-order valence-electron chi connectivity index (χ3n) is 5.51. The second kappa shape index (κ2) is 8.11. The number of rotatable bonds is 5. The molecule has 1 saturated heterocycles. The molecule has 2 fully saturated rings. The largest absolute Gasteiger partial charge is 0.370 e. The average Bonchev–Trinajstić information content (AvgIpc) is 3.11. The number of amides is 1. The van der Waals surface area contributed by atoms with Crippen molar-refractivity contribution in [3.05, 3.63) is 35.4 Å². The highest BCUT2D eigenvalue weighted by Crippen LogP contribution is 2.25. The normalized spacial score (nSPS) is 23.4. The molecule has 1 aliphatic carbocycles. The van der Waals surface area contributed by atoms with Gasteiger partial charge in [0.25, 0.3) is 5.91 Å². The lowest BCUT2D eigenvalue weighted by atomic mass is 9.95. The van der Waals surface area contributed by atoms with Crippen LogP contribution in [0.5, 0.6) is 0 Å². The van der Waals surface area contributed by atoms with Crippen LogP contribution in [0.25, 0.3) is 0 Å². The molecule has 1 amide bonds. The molecule has 1 saturated carbocycles. The molecule has 2 atom stereocenters. The highest BCUT2D eigenvalue weighted by Gasteiger charge is 2.38. The second-order valence-corrected chi connectivity index (χ2v) is 7.29. The van der Waals surface area contributed by atoms with E-state index < -0.39 is 12.3 Å². The van der Waals surface area contributed by atoms with Crippen molar-refractivity contribution >= 4 is 11.7 Å². The first kappa shape index (κ1) is 18.1. The van der Waals surface area contributed by atoms with E-state index in [2.05, 4.69) is 5.32 Å². The van der Waals surface area contributed by atoms with E-state index in [1.54, 1.807) is 4.90 Å². The molecule has 3 rings (SSSR count). The number of aliphatic hydroxyl groups is 1. The van der Waals surface area contributed by atoms with E-state index in [-0.39, 0.29) is 17.7 Å². The van der Waals surface area contributed by atoms with Crippen LogP contribution in [-0.2, 0) is 4.79 Å². The van der Waals surface area contributed by atoms with Crippen LogP contribution in [0.1, 0.15) is 60.9 Å². The maximum Gasteiger partial charge on any atom is 0.264 e. The highest BCUT2D eigenvalue weighted by atomic mass is 16.3. The molecule has 136 valence electrons. The Morgan fingerprint density at radius 2 is 1.84 bits per heavy atom. The van der Waals surface area contributed by atoms with Crippen molar-refractivity contribution in [1.29, 1.82) is 0 Å². The second-order valence-electron chi connectivity index (χ2n) is 7.29. The molecule has 0 aromatic heterocycles. The minimum Gasteiger partial charge on any atom is -0.370 e. The number of ketones is 1. The minimum absolute atomic E-state index is 0.000108. The summed E-state index contributed by atoms with van der Waals surface area (Å²) in [5.41, 5.74) is 1.61. The van der Waals surface area contributed by atoms with Crippen molar-refractivity contribution in [2.45, 2.75) is 70.2 Å². The van der Waals surface area contributed by atoms with Crippen molar-refractivity contribution in [2.75, 3.05) is 6.54 Å². The Labute approximate surface area is 149 Å². The van der Waals surface area contributed by atoms with Crippen LogP contribution in [-0.4, -0.2) is 46.6 Å². The van der Waals surface area contributed by atoms with Gasteiger partial charge in [0.1, 0.15) is 0 Å². The molecule has 1 aliphatic heterocycles. The van der Waals surface area contributed by atoms with Gasteiger partial charge in [0, 0.05) is 18.2 Å². The lowest BCUT2D eigenvalue weighted by Gasteiger charge is -2.30. The quantitative estimate of drug-likeness (QED) is 0.805. The Morgan fingerprint density at radius 3 is 2.56 bits per heavy atom. The van der Waals surface area contributed by atoms with Crippen LogP contribution in [0.2, 0.25) is 0 Å². The fourth-order valence-corrected chi connectivity index (χ4v) is 4.07. The van der Waals surface area contributed by atoms with Crippen LogP contribution < -0.4 is 5.32 Å². The number of aryl methyl sites for hydroxylation is 1. The maximum atomic E-state index is 12.9. The summed E-state index contributed by atoms with van der Waals surface area (Å²) in [5.74, 6) is -0.364. The first-order valence-electron chi connectivity index (χ1n) is 9.42. The highest BCUT2D eigenvalue weighted by molar-refractivity contribution is 6.01. The summed E-state index contributed by atoms with van der Waals surface area (Å²) >= 11 is 0. The maximum absolute atomic E-state index is 12.9. The number of nitrogens with zero attached hydrogens (tertiary/aromatic N) is 1. The van der Waals surface area contributed by atoms with E-state index in [4.69, 9.17) is 0 Å². The van der Waals surface area contributed by atoms with Crippen LogP contribution in [0.4, 0.5) is 0 Å². The first-order chi connectivity index (χ1) is 12.1. The number of nitrogens with one attached hydrogen (secondary N) is 1. The van der Waals surface area contributed by atoms with E-state index in [0.29, 0.717) is 18.5 Å². The number of benzene rings is 1.